The number of para-hydroxylation sites is 1. The van der Waals surface area contributed by atoms with Gasteiger partial charge in [-0.05, 0) is 23.8 Å². The van der Waals surface area contributed by atoms with Gasteiger partial charge >= 0.3 is 5.97 Å². The van der Waals surface area contributed by atoms with Crippen molar-refractivity contribution in [2.45, 2.75) is 12.5 Å². The monoisotopic (exact) mass is 405 g/mol. The zero-order chi connectivity index (χ0) is 20.0. The average Bonchev–Trinajstić information content (AvgIpc) is 3.44. The predicted octanol–water partition coefficient (Wildman–Crippen LogP) is 3.93. The van der Waals surface area contributed by atoms with E-state index >= 15 is 0 Å². The van der Waals surface area contributed by atoms with Crippen LogP contribution in [-0.4, -0.2) is 33.1 Å². The molecule has 1 aliphatic heterocycles. The Bertz CT molecular complexity index is 1230. The van der Waals surface area contributed by atoms with Gasteiger partial charge in [-0.1, -0.05) is 18.2 Å². The van der Waals surface area contributed by atoms with Crippen LogP contribution in [0.15, 0.2) is 54.2 Å². The van der Waals surface area contributed by atoms with Gasteiger partial charge in [-0.25, -0.2) is 9.78 Å². The number of aromatic carboxylic acids is 1. The molecule has 3 N–H and O–H groups in total. The Hall–Kier alpha value is -3.65. The number of hydrogen-bond donors (Lipinski definition) is 3. The van der Waals surface area contributed by atoms with Crippen molar-refractivity contribution in [3.8, 4) is 16.9 Å². The van der Waals surface area contributed by atoms with E-state index in [-0.39, 0.29) is 16.5 Å². The van der Waals surface area contributed by atoms with E-state index in [2.05, 4.69) is 15.3 Å². The summed E-state index contributed by atoms with van der Waals surface area (Å²) in [5, 5.41) is 15.4. The van der Waals surface area contributed by atoms with Crippen LogP contribution in [-0.2, 0) is 11.2 Å². The maximum absolute atomic E-state index is 12.7. The third-order valence-electron chi connectivity index (χ3n) is 4.89. The predicted molar refractivity (Wildman–Crippen MR) is 110 cm³/mol. The van der Waals surface area contributed by atoms with Crippen LogP contribution < -0.4 is 10.1 Å². The molecule has 7 nitrogen and oxygen atoms in total. The number of carbonyl (C=O) groups excluding carboxylic acids is 1. The van der Waals surface area contributed by atoms with Gasteiger partial charge in [-0.15, -0.1) is 11.3 Å². The number of thiophene rings is 1. The first-order chi connectivity index (χ1) is 14.1. The number of aromatic amines is 1. The quantitative estimate of drug-likeness (QED) is 0.477. The third-order valence-corrected chi connectivity index (χ3v) is 5.79. The molecule has 1 atom stereocenters. The number of anilines is 1. The van der Waals surface area contributed by atoms with Crippen molar-refractivity contribution in [2.75, 3.05) is 5.32 Å². The molecule has 4 heterocycles. The van der Waals surface area contributed by atoms with Crippen LogP contribution in [0.3, 0.4) is 0 Å². The molecule has 29 heavy (non-hydrogen) atoms. The van der Waals surface area contributed by atoms with Crippen LogP contribution in [0.4, 0.5) is 5.00 Å². The average molecular weight is 405 g/mol. The highest BCUT2D eigenvalue weighted by Gasteiger charge is 2.30. The summed E-state index contributed by atoms with van der Waals surface area (Å²) in [6, 6.07) is 11.2. The van der Waals surface area contributed by atoms with Gasteiger partial charge in [-0.2, -0.15) is 0 Å². The molecule has 1 amide bonds. The second-order valence-corrected chi connectivity index (χ2v) is 7.59. The number of nitrogens with zero attached hydrogens (tertiary/aromatic N) is 1. The van der Waals surface area contributed by atoms with Crippen LogP contribution in [0.1, 0.15) is 15.9 Å². The summed E-state index contributed by atoms with van der Waals surface area (Å²) in [4.78, 5) is 32.0. The Balaban J connectivity index is 1.44. The highest BCUT2D eigenvalue weighted by atomic mass is 32.1. The Morgan fingerprint density at radius 1 is 1.28 bits per heavy atom. The number of fused-ring (bicyclic) bond motifs is 2. The molecular formula is C21H15N3O4S. The maximum Gasteiger partial charge on any atom is 0.339 e. The molecule has 0 spiro atoms. The van der Waals surface area contributed by atoms with Crippen LogP contribution in [0, 0.1) is 0 Å². The second-order valence-electron chi connectivity index (χ2n) is 6.71. The Morgan fingerprint density at radius 2 is 2.14 bits per heavy atom. The molecule has 4 aromatic rings. The second kappa shape index (κ2) is 6.75. The van der Waals surface area contributed by atoms with E-state index in [0.717, 1.165) is 16.6 Å². The minimum atomic E-state index is -1.11. The maximum atomic E-state index is 12.7. The van der Waals surface area contributed by atoms with E-state index in [4.69, 9.17) is 4.74 Å². The van der Waals surface area contributed by atoms with Crippen molar-refractivity contribution in [1.82, 2.24) is 9.97 Å². The van der Waals surface area contributed by atoms with E-state index in [9.17, 15) is 14.7 Å². The standard InChI is InChI=1S/C21H15N3O4S/c25-19(16-8-11-3-1-2-4-15(11)28-16)24-20-17(21(26)27)14(10-29-20)13-7-12-5-6-22-18(12)23-9-13/h1-7,9-10,16H,8H2,(H,22,23)(H,24,25)(H,26,27). The Morgan fingerprint density at radius 3 is 2.97 bits per heavy atom. The third kappa shape index (κ3) is 3.03. The Kier molecular flexibility index (Phi) is 4.06. The molecule has 144 valence electrons. The minimum absolute atomic E-state index is 0.0514. The summed E-state index contributed by atoms with van der Waals surface area (Å²) in [5.74, 6) is -0.790. The van der Waals surface area contributed by atoms with Crippen molar-refractivity contribution >= 4 is 39.2 Å². The molecule has 0 aliphatic carbocycles. The minimum Gasteiger partial charge on any atom is -0.480 e. The van der Waals surface area contributed by atoms with Gasteiger partial charge < -0.3 is 20.1 Å². The lowest BCUT2D eigenvalue weighted by atomic mass is 10.0. The summed E-state index contributed by atoms with van der Waals surface area (Å²) >= 11 is 1.17. The lowest BCUT2D eigenvalue weighted by Crippen LogP contribution is -2.31. The number of benzene rings is 1. The van der Waals surface area contributed by atoms with Crippen molar-refractivity contribution in [2.24, 2.45) is 0 Å². The summed E-state index contributed by atoms with van der Waals surface area (Å²) in [5.41, 5.74) is 2.94. The molecule has 0 saturated heterocycles. The molecule has 5 rings (SSSR count). The zero-order valence-corrected chi connectivity index (χ0v) is 15.8. The van der Waals surface area contributed by atoms with Gasteiger partial charge in [0.1, 0.15) is 22.0 Å². The lowest BCUT2D eigenvalue weighted by molar-refractivity contribution is -0.122. The SMILES string of the molecule is O=C(O)c1c(-c2cnc3[nH]ccc3c2)csc1NC(=O)C1Cc2ccccc2O1. The number of hydrogen-bond acceptors (Lipinski definition) is 5. The van der Waals surface area contributed by atoms with Gasteiger partial charge in [0.2, 0.25) is 0 Å². The van der Waals surface area contributed by atoms with Crippen LogP contribution >= 0.6 is 11.3 Å². The molecule has 1 unspecified atom stereocenters. The zero-order valence-electron chi connectivity index (χ0n) is 15.0. The Labute approximate surface area is 169 Å². The number of carbonyl (C=O) groups is 2. The molecule has 3 aromatic heterocycles. The fourth-order valence-corrected chi connectivity index (χ4v) is 4.45. The number of carboxylic acid groups (broad SMARTS) is 1. The van der Waals surface area contributed by atoms with E-state index in [0.29, 0.717) is 23.3 Å². The van der Waals surface area contributed by atoms with E-state index in [1.165, 1.54) is 11.3 Å². The molecule has 8 heteroatoms. The number of aromatic nitrogens is 2. The molecular weight excluding hydrogens is 390 g/mol. The van der Waals surface area contributed by atoms with Crippen LogP contribution in [0.2, 0.25) is 0 Å². The first kappa shape index (κ1) is 17.4. The van der Waals surface area contributed by atoms with Crippen molar-refractivity contribution in [3.05, 3.63) is 65.3 Å². The van der Waals surface area contributed by atoms with Gasteiger partial charge in [0, 0.05) is 40.7 Å². The number of amides is 1. The fraction of sp³-hybridized carbons (Fsp3) is 0.0952. The van der Waals surface area contributed by atoms with Gasteiger partial charge in [0.05, 0.1) is 0 Å². The van der Waals surface area contributed by atoms with Crippen molar-refractivity contribution in [1.29, 1.82) is 0 Å². The number of pyridine rings is 1. The smallest absolute Gasteiger partial charge is 0.339 e. The summed E-state index contributed by atoms with van der Waals surface area (Å²) in [6.45, 7) is 0. The highest BCUT2D eigenvalue weighted by molar-refractivity contribution is 7.15. The summed E-state index contributed by atoms with van der Waals surface area (Å²) in [6.07, 6.45) is 3.17. The van der Waals surface area contributed by atoms with Crippen LogP contribution in [0.5, 0.6) is 5.75 Å². The van der Waals surface area contributed by atoms with Crippen LogP contribution in [0.25, 0.3) is 22.2 Å². The molecule has 0 bridgehead atoms. The van der Waals surface area contributed by atoms with E-state index < -0.39 is 12.1 Å². The first-order valence-corrected chi connectivity index (χ1v) is 9.82. The molecule has 1 aliphatic rings. The summed E-state index contributed by atoms with van der Waals surface area (Å²) < 4.78 is 5.70. The highest BCUT2D eigenvalue weighted by Crippen LogP contribution is 2.37. The van der Waals surface area contributed by atoms with E-state index in [1.807, 2.05) is 36.4 Å². The normalized spacial score (nSPS) is 15.1. The van der Waals surface area contributed by atoms with Gasteiger partial charge in [0.15, 0.2) is 6.10 Å². The topological polar surface area (TPSA) is 104 Å². The van der Waals surface area contributed by atoms with Crippen molar-refractivity contribution < 1.29 is 19.4 Å². The number of ether oxygens (including phenoxy) is 1. The molecule has 0 radical (unpaired) electrons. The molecule has 1 aromatic carbocycles. The largest absolute Gasteiger partial charge is 0.480 e. The van der Waals surface area contributed by atoms with Gasteiger partial charge in [0.25, 0.3) is 5.91 Å². The van der Waals surface area contributed by atoms with Gasteiger partial charge in [-0.3, -0.25) is 4.79 Å². The number of nitrogens with one attached hydrogen (secondary N) is 2. The molecule has 0 fully saturated rings. The lowest BCUT2D eigenvalue weighted by Gasteiger charge is -2.11. The number of H-pyrrole nitrogens is 1. The number of carboxylic acids is 1. The number of rotatable bonds is 4. The first-order valence-electron chi connectivity index (χ1n) is 8.94. The molecule has 0 saturated carbocycles. The van der Waals surface area contributed by atoms with E-state index in [1.54, 1.807) is 17.8 Å². The van der Waals surface area contributed by atoms with Crippen molar-refractivity contribution in [3.63, 3.8) is 0 Å². The summed E-state index contributed by atoms with van der Waals surface area (Å²) in [7, 11) is 0. The fourth-order valence-electron chi connectivity index (χ4n) is 3.48.